The van der Waals surface area contributed by atoms with Gasteiger partial charge in [0.25, 0.3) is 0 Å². The van der Waals surface area contributed by atoms with Crippen LogP contribution in [0.1, 0.15) is 32.6 Å². The van der Waals surface area contributed by atoms with Crippen LogP contribution in [0.15, 0.2) is 0 Å². The van der Waals surface area contributed by atoms with Crippen LogP contribution in [0.3, 0.4) is 0 Å². The highest BCUT2D eigenvalue weighted by atomic mass is 16.5. The summed E-state index contributed by atoms with van der Waals surface area (Å²) < 4.78 is 5.13. The Hall–Kier alpha value is -0.610. The highest BCUT2D eigenvalue weighted by Crippen LogP contribution is 2.09. The van der Waals surface area contributed by atoms with Gasteiger partial charge in [0.2, 0.25) is 5.91 Å². The van der Waals surface area contributed by atoms with E-state index in [9.17, 15) is 4.79 Å². The number of hydrogen-bond donors (Lipinski definition) is 2. The largest absolute Gasteiger partial charge is 0.383 e. The van der Waals surface area contributed by atoms with Crippen LogP contribution in [0, 0.1) is 5.92 Å². The third-order valence-corrected chi connectivity index (χ3v) is 3.05. The first kappa shape index (κ1) is 13.5. The molecule has 4 heteroatoms. The van der Waals surface area contributed by atoms with E-state index >= 15 is 0 Å². The Bertz CT molecular complexity index is 203. The zero-order chi connectivity index (χ0) is 11.8. The molecule has 1 fully saturated rings. The van der Waals surface area contributed by atoms with E-state index in [1.165, 1.54) is 0 Å². The minimum atomic E-state index is 0.154. The monoisotopic (exact) mass is 228 g/mol. The van der Waals surface area contributed by atoms with Gasteiger partial charge in [-0.15, -0.1) is 0 Å². The summed E-state index contributed by atoms with van der Waals surface area (Å²) in [4.78, 5) is 11.9. The molecular formula is C12H24N2O2. The van der Waals surface area contributed by atoms with Crippen molar-refractivity contribution in [3.05, 3.63) is 0 Å². The number of hydrogen-bond acceptors (Lipinski definition) is 3. The van der Waals surface area contributed by atoms with E-state index in [1.54, 1.807) is 7.11 Å². The summed E-state index contributed by atoms with van der Waals surface area (Å²) in [6.07, 6.45) is 4.26. The first-order valence-electron chi connectivity index (χ1n) is 6.28. The average Bonchev–Trinajstić information content (AvgIpc) is 2.79. The SMILES string of the molecule is CCCCC(COC)NC(=O)C1CCNC1. The van der Waals surface area contributed by atoms with Crippen LogP contribution in [0.2, 0.25) is 0 Å². The maximum absolute atomic E-state index is 11.9. The molecular weight excluding hydrogens is 204 g/mol. The predicted molar refractivity (Wildman–Crippen MR) is 64.3 cm³/mol. The van der Waals surface area contributed by atoms with Crippen LogP contribution in [0.25, 0.3) is 0 Å². The summed E-state index contributed by atoms with van der Waals surface area (Å²) in [5.74, 6) is 0.337. The molecule has 1 heterocycles. The maximum Gasteiger partial charge on any atom is 0.224 e. The number of ether oxygens (including phenoxy) is 1. The number of carbonyl (C=O) groups excluding carboxylic acids is 1. The van der Waals surface area contributed by atoms with E-state index in [0.29, 0.717) is 6.61 Å². The van der Waals surface area contributed by atoms with Crippen molar-refractivity contribution in [3.63, 3.8) is 0 Å². The molecule has 0 aromatic carbocycles. The first-order chi connectivity index (χ1) is 7.77. The topological polar surface area (TPSA) is 50.4 Å². The Morgan fingerprint density at radius 1 is 1.62 bits per heavy atom. The Labute approximate surface area is 98.1 Å². The van der Waals surface area contributed by atoms with Gasteiger partial charge < -0.3 is 15.4 Å². The van der Waals surface area contributed by atoms with Crippen molar-refractivity contribution in [1.82, 2.24) is 10.6 Å². The van der Waals surface area contributed by atoms with E-state index in [1.807, 2.05) is 0 Å². The Balaban J connectivity index is 2.30. The summed E-state index contributed by atoms with van der Waals surface area (Å²) in [6, 6.07) is 0.179. The van der Waals surface area contributed by atoms with Gasteiger partial charge in [-0.25, -0.2) is 0 Å². The third kappa shape index (κ3) is 4.49. The molecule has 1 aliphatic rings. The molecule has 0 aliphatic carbocycles. The van der Waals surface area contributed by atoms with E-state index in [4.69, 9.17) is 4.74 Å². The van der Waals surface area contributed by atoms with Gasteiger partial charge in [0, 0.05) is 13.7 Å². The third-order valence-electron chi connectivity index (χ3n) is 3.05. The molecule has 4 nitrogen and oxygen atoms in total. The fourth-order valence-electron chi connectivity index (χ4n) is 2.05. The molecule has 2 unspecified atom stereocenters. The minimum Gasteiger partial charge on any atom is -0.383 e. The lowest BCUT2D eigenvalue weighted by molar-refractivity contribution is -0.125. The van der Waals surface area contributed by atoms with Gasteiger partial charge in [-0.1, -0.05) is 19.8 Å². The van der Waals surface area contributed by atoms with E-state index in [2.05, 4.69) is 17.6 Å². The summed E-state index contributed by atoms with van der Waals surface area (Å²) in [7, 11) is 1.68. The highest BCUT2D eigenvalue weighted by Gasteiger charge is 2.24. The molecule has 1 saturated heterocycles. The van der Waals surface area contributed by atoms with Gasteiger partial charge >= 0.3 is 0 Å². The first-order valence-corrected chi connectivity index (χ1v) is 6.28. The second kappa shape index (κ2) is 7.63. The fourth-order valence-corrected chi connectivity index (χ4v) is 2.05. The summed E-state index contributed by atoms with van der Waals surface area (Å²) in [5.41, 5.74) is 0. The molecule has 94 valence electrons. The second-order valence-electron chi connectivity index (χ2n) is 4.49. The molecule has 0 spiro atoms. The molecule has 2 N–H and O–H groups in total. The number of methoxy groups -OCH3 is 1. The number of amides is 1. The van der Waals surface area contributed by atoms with Crippen molar-refractivity contribution in [1.29, 1.82) is 0 Å². The fraction of sp³-hybridized carbons (Fsp3) is 0.917. The quantitative estimate of drug-likeness (QED) is 0.681. The predicted octanol–water partition coefficient (Wildman–Crippen LogP) is 0.917. The Morgan fingerprint density at radius 3 is 3.00 bits per heavy atom. The van der Waals surface area contributed by atoms with Crippen LogP contribution in [-0.4, -0.2) is 38.8 Å². The number of nitrogens with one attached hydrogen (secondary N) is 2. The highest BCUT2D eigenvalue weighted by molar-refractivity contribution is 5.79. The van der Waals surface area contributed by atoms with Crippen LogP contribution in [-0.2, 0) is 9.53 Å². The standard InChI is InChI=1S/C12H24N2O2/c1-3-4-5-11(9-16-2)14-12(15)10-6-7-13-8-10/h10-11,13H,3-9H2,1-2H3,(H,14,15). The lowest BCUT2D eigenvalue weighted by Gasteiger charge is -2.19. The number of rotatable bonds is 7. The van der Waals surface area contributed by atoms with Crippen LogP contribution in [0.5, 0.6) is 0 Å². The lowest BCUT2D eigenvalue weighted by atomic mass is 10.1. The van der Waals surface area contributed by atoms with Crippen molar-refractivity contribution in [2.24, 2.45) is 5.92 Å². The van der Waals surface area contributed by atoms with Crippen molar-refractivity contribution >= 4 is 5.91 Å². The molecule has 0 aromatic rings. The molecule has 1 aliphatic heterocycles. The van der Waals surface area contributed by atoms with Crippen molar-refractivity contribution in [3.8, 4) is 0 Å². The average molecular weight is 228 g/mol. The van der Waals surface area contributed by atoms with Crippen LogP contribution >= 0.6 is 0 Å². The molecule has 1 amide bonds. The maximum atomic E-state index is 11.9. The normalized spacial score (nSPS) is 22.0. The van der Waals surface area contributed by atoms with Crippen molar-refractivity contribution in [2.75, 3.05) is 26.8 Å². The molecule has 2 atom stereocenters. The Morgan fingerprint density at radius 2 is 2.44 bits per heavy atom. The zero-order valence-electron chi connectivity index (χ0n) is 10.4. The van der Waals surface area contributed by atoms with Gasteiger partial charge in [-0.05, 0) is 19.4 Å². The smallest absolute Gasteiger partial charge is 0.224 e. The minimum absolute atomic E-state index is 0.154. The molecule has 0 bridgehead atoms. The zero-order valence-corrected chi connectivity index (χ0v) is 10.4. The molecule has 0 aromatic heterocycles. The van der Waals surface area contributed by atoms with E-state index < -0.39 is 0 Å². The van der Waals surface area contributed by atoms with Gasteiger partial charge in [0.15, 0.2) is 0 Å². The molecule has 1 rings (SSSR count). The van der Waals surface area contributed by atoms with Crippen molar-refractivity contribution < 1.29 is 9.53 Å². The second-order valence-corrected chi connectivity index (χ2v) is 4.49. The van der Waals surface area contributed by atoms with Gasteiger partial charge in [0.05, 0.1) is 18.6 Å². The molecule has 0 radical (unpaired) electrons. The summed E-state index contributed by atoms with van der Waals surface area (Å²) >= 11 is 0. The van der Waals surface area contributed by atoms with E-state index in [-0.39, 0.29) is 17.9 Å². The van der Waals surface area contributed by atoms with Crippen LogP contribution < -0.4 is 10.6 Å². The lowest BCUT2D eigenvalue weighted by Crippen LogP contribution is -2.42. The summed E-state index contributed by atoms with van der Waals surface area (Å²) in [5, 5.41) is 6.30. The number of carbonyl (C=O) groups is 1. The summed E-state index contributed by atoms with van der Waals surface area (Å²) in [6.45, 7) is 4.56. The van der Waals surface area contributed by atoms with Gasteiger partial charge in [-0.2, -0.15) is 0 Å². The Kier molecular flexibility index (Phi) is 6.42. The van der Waals surface area contributed by atoms with Gasteiger partial charge in [0.1, 0.15) is 0 Å². The van der Waals surface area contributed by atoms with Crippen LogP contribution in [0.4, 0.5) is 0 Å². The molecule has 0 saturated carbocycles. The number of unbranched alkanes of at least 4 members (excludes halogenated alkanes) is 1. The van der Waals surface area contributed by atoms with Gasteiger partial charge in [-0.3, -0.25) is 4.79 Å². The molecule has 16 heavy (non-hydrogen) atoms. The van der Waals surface area contributed by atoms with Crippen molar-refractivity contribution in [2.45, 2.75) is 38.6 Å². The van der Waals surface area contributed by atoms with E-state index in [0.717, 1.165) is 38.8 Å².